The van der Waals surface area contributed by atoms with E-state index in [2.05, 4.69) is 0 Å². The van der Waals surface area contributed by atoms with E-state index in [0.717, 1.165) is 6.07 Å². The van der Waals surface area contributed by atoms with Gasteiger partial charge in [-0.05, 0) is 12.1 Å². The second-order valence-electron chi connectivity index (χ2n) is 2.49. The molecule has 0 aliphatic rings. The number of aromatic hydroxyl groups is 2. The highest BCUT2D eigenvalue weighted by Gasteiger charge is 2.14. The number of anilines is 1. The molecule has 7 N–H and O–H groups in total. The van der Waals surface area contributed by atoms with Crippen molar-refractivity contribution in [1.29, 1.82) is 0 Å². The van der Waals surface area contributed by atoms with Crippen LogP contribution in [0.2, 0.25) is 0 Å². The lowest BCUT2D eigenvalue weighted by molar-refractivity contribution is 0.246. The van der Waals surface area contributed by atoms with Gasteiger partial charge in [-0.1, -0.05) is 0 Å². The number of benzene rings is 1. The number of carbonyl (C=O) groups excluding carboxylic acids is 1. The van der Waals surface area contributed by atoms with Crippen molar-refractivity contribution in [2.45, 2.75) is 0 Å². The van der Waals surface area contributed by atoms with E-state index < -0.39 is 6.03 Å². The summed E-state index contributed by atoms with van der Waals surface area (Å²) in [6.45, 7) is 0. The molecule has 1 aromatic carbocycles. The summed E-state index contributed by atoms with van der Waals surface area (Å²) in [7, 11) is 0. The molecule has 7 nitrogen and oxygen atoms in total. The number of nitrogens with two attached hydrogens (primary N) is 2. The largest absolute Gasteiger partial charge is 0.508 e. The average Bonchev–Trinajstić information content (AvgIpc) is 2.19. The number of rotatable bonds is 1. The van der Waals surface area contributed by atoms with Crippen molar-refractivity contribution in [1.82, 2.24) is 5.43 Å². The Hall–Kier alpha value is -1.99. The normalized spacial score (nSPS) is 9.57. The van der Waals surface area contributed by atoms with Crippen LogP contribution in [0.5, 0.6) is 11.5 Å². The van der Waals surface area contributed by atoms with Gasteiger partial charge in [-0.2, -0.15) is 0 Å². The van der Waals surface area contributed by atoms with E-state index >= 15 is 0 Å². The Morgan fingerprint density at radius 2 is 2.07 bits per heavy atom. The molecule has 7 heteroatoms. The fourth-order valence-corrected chi connectivity index (χ4v) is 0.884. The van der Waals surface area contributed by atoms with Crippen molar-refractivity contribution in [3.05, 3.63) is 18.2 Å². The van der Waals surface area contributed by atoms with Gasteiger partial charge in [0.05, 0.1) is 0 Å². The van der Waals surface area contributed by atoms with Gasteiger partial charge in [-0.15, -0.1) is 0 Å². The first kappa shape index (κ1) is 10.1. The van der Waals surface area contributed by atoms with Gasteiger partial charge >= 0.3 is 6.03 Å². The van der Waals surface area contributed by atoms with Crippen LogP contribution in [-0.4, -0.2) is 16.2 Å². The number of phenols is 2. The fraction of sp³-hybridized carbons (Fsp3) is 0. The number of amides is 2. The zero-order valence-corrected chi connectivity index (χ0v) is 7.14. The fourth-order valence-electron chi connectivity index (χ4n) is 0.884. The lowest BCUT2D eigenvalue weighted by Crippen LogP contribution is -2.47. The molecular weight excluding hydrogens is 188 g/mol. The number of hydrogen-bond acceptors (Lipinski definition) is 5. The number of nitrogens with one attached hydrogen (secondary N) is 1. The van der Waals surface area contributed by atoms with Crippen LogP contribution in [0.1, 0.15) is 0 Å². The molecule has 0 aliphatic carbocycles. The summed E-state index contributed by atoms with van der Waals surface area (Å²) in [5.74, 6) is 9.75. The summed E-state index contributed by atoms with van der Waals surface area (Å²) in [4.78, 5) is 10.9. The van der Waals surface area contributed by atoms with Crippen LogP contribution in [0.3, 0.4) is 0 Å². The smallest absolute Gasteiger partial charge is 0.350 e. The van der Waals surface area contributed by atoms with Crippen molar-refractivity contribution in [2.24, 2.45) is 11.7 Å². The summed E-state index contributed by atoms with van der Waals surface area (Å²) in [5.41, 5.74) is 1.73. The maximum Gasteiger partial charge on any atom is 0.350 e. The molecular formula is C7H10N4O3. The van der Waals surface area contributed by atoms with Crippen molar-refractivity contribution in [3.8, 4) is 11.5 Å². The molecule has 0 saturated heterocycles. The van der Waals surface area contributed by atoms with Gasteiger partial charge < -0.3 is 10.2 Å². The predicted octanol–water partition coefficient (Wildman–Crippen LogP) is -0.639. The summed E-state index contributed by atoms with van der Waals surface area (Å²) in [6, 6.07) is 2.78. The first-order valence-corrected chi connectivity index (χ1v) is 3.63. The maximum atomic E-state index is 10.9. The van der Waals surface area contributed by atoms with Crippen LogP contribution in [0.15, 0.2) is 18.2 Å². The van der Waals surface area contributed by atoms with E-state index in [0.29, 0.717) is 5.01 Å². The summed E-state index contributed by atoms with van der Waals surface area (Å²) in [5, 5.41) is 19.0. The Kier molecular flexibility index (Phi) is 2.75. The van der Waals surface area contributed by atoms with E-state index in [9.17, 15) is 9.90 Å². The van der Waals surface area contributed by atoms with Gasteiger partial charge in [-0.3, -0.25) is 5.43 Å². The summed E-state index contributed by atoms with van der Waals surface area (Å²) >= 11 is 0. The molecule has 2 amide bonds. The van der Waals surface area contributed by atoms with E-state index in [4.69, 9.17) is 16.8 Å². The third-order valence-electron chi connectivity index (χ3n) is 1.56. The van der Waals surface area contributed by atoms with Crippen LogP contribution in [-0.2, 0) is 0 Å². The Balaban J connectivity index is 3.05. The maximum absolute atomic E-state index is 10.9. The molecule has 1 aromatic rings. The minimum absolute atomic E-state index is 0.0482. The zero-order valence-electron chi connectivity index (χ0n) is 7.14. The number of carbonyl (C=O) groups is 1. The molecule has 14 heavy (non-hydrogen) atoms. The highest BCUT2D eigenvalue weighted by Crippen LogP contribution is 2.29. The second kappa shape index (κ2) is 3.81. The number of hydrazine groups is 2. The quantitative estimate of drug-likeness (QED) is 0.178. The Labute approximate surface area is 79.5 Å². The van der Waals surface area contributed by atoms with Crippen LogP contribution in [0.25, 0.3) is 0 Å². The highest BCUT2D eigenvalue weighted by atomic mass is 16.3. The average molecular weight is 198 g/mol. The summed E-state index contributed by atoms with van der Waals surface area (Å²) < 4.78 is 0. The third kappa shape index (κ3) is 1.84. The van der Waals surface area contributed by atoms with Crippen molar-refractivity contribution in [3.63, 3.8) is 0 Å². The first-order chi connectivity index (χ1) is 6.56. The van der Waals surface area contributed by atoms with Crippen molar-refractivity contribution in [2.75, 3.05) is 5.01 Å². The molecule has 0 bridgehead atoms. The molecule has 0 aliphatic heterocycles. The molecule has 0 unspecified atom stereocenters. The molecule has 0 radical (unpaired) electrons. The zero-order chi connectivity index (χ0) is 10.7. The molecule has 0 spiro atoms. The summed E-state index contributed by atoms with van der Waals surface area (Å²) in [6.07, 6.45) is 0. The monoisotopic (exact) mass is 198 g/mol. The molecule has 0 aromatic heterocycles. The lowest BCUT2D eigenvalue weighted by atomic mass is 10.2. The second-order valence-corrected chi connectivity index (χ2v) is 2.49. The Bertz CT molecular complexity index is 355. The van der Waals surface area contributed by atoms with E-state index in [1.54, 1.807) is 5.43 Å². The number of phenolic OH excluding ortho intramolecular Hbond substituents is 2. The topological polar surface area (TPSA) is 125 Å². The van der Waals surface area contributed by atoms with Crippen LogP contribution >= 0.6 is 0 Å². The van der Waals surface area contributed by atoms with Gasteiger partial charge in [0.25, 0.3) is 0 Å². The molecule has 1 rings (SSSR count). The first-order valence-electron chi connectivity index (χ1n) is 3.63. The van der Waals surface area contributed by atoms with E-state index in [-0.39, 0.29) is 17.2 Å². The SMILES string of the molecule is NNC(=O)N(N)c1cc(O)ccc1O. The molecule has 0 fully saturated rings. The molecule has 0 saturated carbocycles. The van der Waals surface area contributed by atoms with Gasteiger partial charge in [0, 0.05) is 6.07 Å². The van der Waals surface area contributed by atoms with Crippen molar-refractivity contribution < 1.29 is 15.0 Å². The number of urea groups is 1. The highest BCUT2D eigenvalue weighted by molar-refractivity contribution is 5.92. The lowest BCUT2D eigenvalue weighted by Gasteiger charge is -2.16. The molecule has 76 valence electrons. The molecule has 0 heterocycles. The van der Waals surface area contributed by atoms with Crippen LogP contribution in [0, 0.1) is 0 Å². The number of nitrogens with zero attached hydrogens (tertiary/aromatic N) is 1. The van der Waals surface area contributed by atoms with Crippen LogP contribution < -0.4 is 22.1 Å². The third-order valence-corrected chi connectivity index (χ3v) is 1.56. The Morgan fingerprint density at radius 3 is 2.64 bits per heavy atom. The van der Waals surface area contributed by atoms with Gasteiger partial charge in [0.2, 0.25) is 0 Å². The van der Waals surface area contributed by atoms with Gasteiger partial charge in [0.1, 0.15) is 17.2 Å². The van der Waals surface area contributed by atoms with Crippen LogP contribution in [0.4, 0.5) is 10.5 Å². The number of hydrogen-bond donors (Lipinski definition) is 5. The predicted molar refractivity (Wildman–Crippen MR) is 49.2 cm³/mol. The van der Waals surface area contributed by atoms with E-state index in [1.807, 2.05) is 0 Å². The standard InChI is InChI=1S/C7H10N4O3/c8-10-7(14)11(9)5-3-4(12)1-2-6(5)13/h1-3,12-13H,8-9H2,(H,10,14). The molecule has 0 atom stereocenters. The van der Waals surface area contributed by atoms with Crippen molar-refractivity contribution >= 4 is 11.7 Å². The van der Waals surface area contributed by atoms with Gasteiger partial charge in [0.15, 0.2) is 0 Å². The minimum atomic E-state index is -0.814. The van der Waals surface area contributed by atoms with E-state index in [1.165, 1.54) is 12.1 Å². The minimum Gasteiger partial charge on any atom is -0.508 e. The Morgan fingerprint density at radius 1 is 1.43 bits per heavy atom. The van der Waals surface area contributed by atoms with Gasteiger partial charge in [-0.25, -0.2) is 21.5 Å².